The molecule has 0 aliphatic rings. The number of nitriles is 1. The van der Waals surface area contributed by atoms with Crippen molar-refractivity contribution in [3.63, 3.8) is 0 Å². The number of nitrogens with one attached hydrogen (secondary N) is 1. The molecule has 0 saturated heterocycles. The van der Waals surface area contributed by atoms with Gasteiger partial charge in [-0.25, -0.2) is 9.59 Å². The van der Waals surface area contributed by atoms with E-state index in [-0.39, 0.29) is 57.6 Å². The van der Waals surface area contributed by atoms with Crippen molar-refractivity contribution in [2.24, 2.45) is 10.2 Å². The van der Waals surface area contributed by atoms with Crippen LogP contribution in [0.2, 0.25) is 0 Å². The third-order valence-corrected chi connectivity index (χ3v) is 5.42. The second-order valence-electron chi connectivity index (χ2n) is 6.48. The van der Waals surface area contributed by atoms with Gasteiger partial charge in [0, 0.05) is 11.1 Å². The Hall–Kier alpha value is -4.05. The highest BCUT2D eigenvalue weighted by Crippen LogP contribution is 2.38. The molecular weight excluding hydrogens is 468 g/mol. The van der Waals surface area contributed by atoms with E-state index in [9.17, 15) is 29.5 Å². The number of hydrogen-bond donors (Lipinski definition) is 2. The number of aromatic hydroxyl groups is 1. The van der Waals surface area contributed by atoms with Gasteiger partial charge in [0.25, 0.3) is 5.56 Å². The molecule has 2 aromatic heterocycles. The number of thiophene rings is 1. The Kier molecular flexibility index (Phi) is 9.02. The van der Waals surface area contributed by atoms with Crippen molar-refractivity contribution in [1.82, 2.24) is 4.98 Å². The van der Waals surface area contributed by atoms with Gasteiger partial charge in [-0.2, -0.15) is 5.26 Å². The number of pyridine rings is 1. The summed E-state index contributed by atoms with van der Waals surface area (Å²) in [5, 5.41) is 26.6. The number of ether oxygens (including phenoxy) is 3. The van der Waals surface area contributed by atoms with Crippen LogP contribution in [0.4, 0.5) is 10.7 Å². The largest absolute Gasteiger partial charge is 0.494 e. The van der Waals surface area contributed by atoms with E-state index in [4.69, 9.17) is 14.2 Å². The number of esters is 3. The zero-order valence-electron chi connectivity index (χ0n) is 18.9. The van der Waals surface area contributed by atoms with Gasteiger partial charge in [0.1, 0.15) is 22.1 Å². The van der Waals surface area contributed by atoms with Gasteiger partial charge in [0.2, 0.25) is 5.88 Å². The molecule has 180 valence electrons. The highest BCUT2D eigenvalue weighted by Gasteiger charge is 2.31. The molecule has 0 aliphatic heterocycles. The van der Waals surface area contributed by atoms with E-state index in [0.717, 1.165) is 11.3 Å². The molecule has 0 amide bonds. The zero-order valence-corrected chi connectivity index (χ0v) is 19.7. The minimum atomic E-state index is -0.864. The standard InChI is InChI=1S/C21H22N4O8S/c1-5-31-13(26)8-11-14(20(29)32-6-2)19(34-16(11)21(30)33-7-3)25-24-15-10(4)12(9-22)17(27)23-18(15)28/h5-8H2,1-4H3,(H2,23,27,28). The van der Waals surface area contributed by atoms with E-state index in [0.29, 0.717) is 0 Å². The summed E-state index contributed by atoms with van der Waals surface area (Å²) in [6.45, 7) is 6.29. The first-order chi connectivity index (χ1) is 16.2. The van der Waals surface area contributed by atoms with Crippen molar-refractivity contribution in [2.75, 3.05) is 19.8 Å². The van der Waals surface area contributed by atoms with Gasteiger partial charge in [-0.15, -0.1) is 21.6 Å². The molecule has 0 aliphatic carbocycles. The second-order valence-corrected chi connectivity index (χ2v) is 7.47. The Morgan fingerprint density at radius 1 is 1.06 bits per heavy atom. The topological polar surface area (TPSA) is 180 Å². The van der Waals surface area contributed by atoms with Crippen LogP contribution in [-0.4, -0.2) is 47.8 Å². The van der Waals surface area contributed by atoms with Crippen LogP contribution in [0.1, 0.15) is 57.5 Å². The van der Waals surface area contributed by atoms with Crippen LogP contribution in [0, 0.1) is 18.3 Å². The van der Waals surface area contributed by atoms with Gasteiger partial charge in [-0.05, 0) is 27.7 Å². The smallest absolute Gasteiger partial charge is 0.348 e. The summed E-state index contributed by atoms with van der Waals surface area (Å²) in [5.74, 6) is -2.96. The summed E-state index contributed by atoms with van der Waals surface area (Å²) in [4.78, 5) is 51.7. The van der Waals surface area contributed by atoms with Crippen molar-refractivity contribution >= 4 is 39.9 Å². The molecule has 0 fully saturated rings. The number of carbonyl (C=O) groups excluding carboxylic acids is 3. The van der Waals surface area contributed by atoms with Crippen LogP contribution in [-0.2, 0) is 25.4 Å². The minimum Gasteiger partial charge on any atom is -0.494 e. The monoisotopic (exact) mass is 490 g/mol. The number of rotatable bonds is 9. The van der Waals surface area contributed by atoms with Crippen molar-refractivity contribution < 1.29 is 33.7 Å². The quantitative estimate of drug-likeness (QED) is 0.303. The van der Waals surface area contributed by atoms with Crippen LogP contribution < -0.4 is 5.56 Å². The van der Waals surface area contributed by atoms with Crippen molar-refractivity contribution in [2.45, 2.75) is 34.1 Å². The normalized spacial score (nSPS) is 10.7. The first kappa shape index (κ1) is 26.2. The molecule has 2 heterocycles. The predicted molar refractivity (Wildman–Crippen MR) is 119 cm³/mol. The SMILES string of the molecule is CCOC(=O)Cc1c(C(=O)OCC)sc(N=Nc2c(C)c(C#N)c(O)[nH]c2=O)c1C(=O)OCC. The van der Waals surface area contributed by atoms with Crippen molar-refractivity contribution in [3.05, 3.63) is 37.5 Å². The van der Waals surface area contributed by atoms with Gasteiger partial charge in [0.15, 0.2) is 10.7 Å². The number of carbonyl (C=O) groups is 3. The van der Waals surface area contributed by atoms with E-state index < -0.39 is 35.8 Å². The van der Waals surface area contributed by atoms with E-state index in [1.807, 2.05) is 0 Å². The number of aromatic amines is 1. The van der Waals surface area contributed by atoms with E-state index in [1.165, 1.54) is 6.92 Å². The molecule has 0 aromatic carbocycles. The first-order valence-corrected chi connectivity index (χ1v) is 10.9. The molecule has 2 N–H and O–H groups in total. The summed E-state index contributed by atoms with van der Waals surface area (Å²) in [5.41, 5.74) is -1.46. The van der Waals surface area contributed by atoms with Gasteiger partial charge < -0.3 is 19.3 Å². The Morgan fingerprint density at radius 2 is 1.68 bits per heavy atom. The molecule has 0 unspecified atom stereocenters. The Labute approximate surface area is 197 Å². The highest BCUT2D eigenvalue weighted by atomic mass is 32.1. The summed E-state index contributed by atoms with van der Waals surface area (Å²) in [6, 6.07) is 1.75. The molecular formula is C21H22N4O8S. The lowest BCUT2D eigenvalue weighted by molar-refractivity contribution is -0.142. The summed E-state index contributed by atoms with van der Waals surface area (Å²) in [6.07, 6.45) is -0.431. The summed E-state index contributed by atoms with van der Waals surface area (Å²) < 4.78 is 15.1. The number of aromatic nitrogens is 1. The van der Waals surface area contributed by atoms with Gasteiger partial charge >= 0.3 is 17.9 Å². The first-order valence-electron chi connectivity index (χ1n) is 10.1. The van der Waals surface area contributed by atoms with Crippen molar-refractivity contribution in [1.29, 1.82) is 5.26 Å². The number of H-pyrrole nitrogens is 1. The number of hydrogen-bond acceptors (Lipinski definition) is 12. The molecule has 0 atom stereocenters. The third kappa shape index (κ3) is 5.65. The molecule has 34 heavy (non-hydrogen) atoms. The molecule has 2 rings (SSSR count). The lowest BCUT2D eigenvalue weighted by Gasteiger charge is -2.07. The summed E-state index contributed by atoms with van der Waals surface area (Å²) >= 11 is 0.722. The van der Waals surface area contributed by atoms with E-state index >= 15 is 0 Å². The molecule has 12 nitrogen and oxygen atoms in total. The molecule has 2 aromatic rings. The Morgan fingerprint density at radius 3 is 2.26 bits per heavy atom. The fourth-order valence-electron chi connectivity index (χ4n) is 2.87. The van der Waals surface area contributed by atoms with Crippen LogP contribution >= 0.6 is 11.3 Å². The lowest BCUT2D eigenvalue weighted by Crippen LogP contribution is -2.15. The second kappa shape index (κ2) is 11.7. The highest BCUT2D eigenvalue weighted by molar-refractivity contribution is 7.18. The van der Waals surface area contributed by atoms with E-state index in [1.54, 1.807) is 26.8 Å². The fraction of sp³-hybridized carbons (Fsp3) is 0.381. The molecule has 0 spiro atoms. The summed E-state index contributed by atoms with van der Waals surface area (Å²) in [7, 11) is 0. The van der Waals surface area contributed by atoms with Crippen molar-refractivity contribution in [3.8, 4) is 11.9 Å². The van der Waals surface area contributed by atoms with Gasteiger partial charge in [-0.3, -0.25) is 14.6 Å². The van der Waals surface area contributed by atoms with Gasteiger partial charge in [-0.1, -0.05) is 0 Å². The average Bonchev–Trinajstić information content (AvgIpc) is 3.12. The van der Waals surface area contributed by atoms with Crippen LogP contribution in [0.5, 0.6) is 5.88 Å². The fourth-order valence-corrected chi connectivity index (χ4v) is 3.89. The van der Waals surface area contributed by atoms with Crippen LogP contribution in [0.15, 0.2) is 15.0 Å². The molecule has 0 bridgehead atoms. The Bertz CT molecular complexity index is 1240. The Balaban J connectivity index is 2.73. The third-order valence-electron chi connectivity index (χ3n) is 4.32. The lowest BCUT2D eigenvalue weighted by atomic mass is 10.1. The van der Waals surface area contributed by atoms with Gasteiger partial charge in [0.05, 0.1) is 26.2 Å². The maximum atomic E-state index is 12.7. The maximum absolute atomic E-state index is 12.7. The average molecular weight is 490 g/mol. The van der Waals surface area contributed by atoms with Crippen LogP contribution in [0.25, 0.3) is 0 Å². The molecule has 0 radical (unpaired) electrons. The van der Waals surface area contributed by atoms with E-state index in [2.05, 4.69) is 15.2 Å². The number of nitrogens with zero attached hydrogens (tertiary/aromatic N) is 3. The minimum absolute atomic E-state index is 0.00111. The molecule has 13 heteroatoms. The number of azo groups is 1. The predicted octanol–water partition coefficient (Wildman–Crippen LogP) is 3.20. The maximum Gasteiger partial charge on any atom is 0.348 e. The zero-order chi connectivity index (χ0) is 25.4. The van der Waals surface area contributed by atoms with Crippen LogP contribution in [0.3, 0.4) is 0 Å². The molecule has 0 saturated carbocycles.